The lowest BCUT2D eigenvalue weighted by Gasteiger charge is -2.05. The number of nitrogens with two attached hydrogens (primary N) is 1. The van der Waals surface area contributed by atoms with Crippen molar-refractivity contribution in [1.82, 2.24) is 9.97 Å². The number of ketones is 2. The normalized spacial score (nSPS) is 13.8. The maximum absolute atomic E-state index is 12.4. The molecule has 0 amide bonds. The van der Waals surface area contributed by atoms with Gasteiger partial charge in [0.2, 0.25) is 11.6 Å². The van der Waals surface area contributed by atoms with Crippen LogP contribution in [0.2, 0.25) is 10.0 Å². The van der Waals surface area contributed by atoms with Crippen molar-refractivity contribution in [2.24, 2.45) is 0 Å². The minimum absolute atomic E-state index is 0.00849. The Kier molecular flexibility index (Phi) is 6.61. The average Bonchev–Trinajstić information content (AvgIpc) is 3.07. The van der Waals surface area contributed by atoms with Gasteiger partial charge in [-0.2, -0.15) is 0 Å². The van der Waals surface area contributed by atoms with Gasteiger partial charge in [0, 0.05) is 27.4 Å². The highest BCUT2D eigenvalue weighted by Crippen LogP contribution is 2.27. The molecule has 2 aromatic heterocycles. The second-order valence-corrected chi connectivity index (χ2v) is 9.93. The molecule has 0 spiro atoms. The maximum atomic E-state index is 12.4. The summed E-state index contributed by atoms with van der Waals surface area (Å²) in [4.78, 5) is 33.3. The van der Waals surface area contributed by atoms with Gasteiger partial charge in [0.05, 0.1) is 11.9 Å². The molecule has 0 atom stereocenters. The molecule has 0 aliphatic heterocycles. The largest absolute Gasteiger partial charge is 0.397 e. The van der Waals surface area contributed by atoms with E-state index in [2.05, 4.69) is 9.97 Å². The molecule has 0 bridgehead atoms. The average molecular weight is 516 g/mol. The molecule has 4 aromatic rings. The lowest BCUT2D eigenvalue weighted by Crippen LogP contribution is -2.07. The van der Waals surface area contributed by atoms with Crippen molar-refractivity contribution in [2.75, 3.05) is 5.73 Å². The number of nitrogens with zero attached hydrogens (tertiary/aromatic N) is 2. The minimum atomic E-state index is -0.0471. The SMILES string of the molecule is Cc1cnc2c(c1)CCc1cc(Cl)ccc1C2=O.Nc1cnc2c(c1)CCc1cc(Cl)ccc1C2=O. The number of benzene rings is 2. The molecule has 5 nitrogen and oxygen atoms in total. The van der Waals surface area contributed by atoms with E-state index in [-0.39, 0.29) is 11.6 Å². The lowest BCUT2D eigenvalue weighted by molar-refractivity contribution is 0.102. The quantitative estimate of drug-likeness (QED) is 0.309. The van der Waals surface area contributed by atoms with Crippen LogP contribution in [0.5, 0.6) is 0 Å². The predicted octanol–water partition coefficient (Wildman–Crippen LogP) is 6.02. The number of pyridine rings is 2. The number of hydrogen-bond acceptors (Lipinski definition) is 5. The molecule has 6 rings (SSSR count). The number of aromatic nitrogens is 2. The molecule has 0 unspecified atom stereocenters. The first-order valence-corrected chi connectivity index (χ1v) is 12.4. The Bertz CT molecular complexity index is 1310. The fourth-order valence-electron chi connectivity index (χ4n) is 4.72. The molecule has 2 aromatic carbocycles. The molecule has 0 radical (unpaired) electrons. The number of nitrogen functional groups attached to an aromatic ring is 1. The Hall–Kier alpha value is -3.54. The molecular formula is C29H23Cl2N3O2. The Balaban J connectivity index is 0.000000148. The molecule has 0 saturated heterocycles. The molecule has 0 fully saturated rings. The summed E-state index contributed by atoms with van der Waals surface area (Å²) in [7, 11) is 0. The van der Waals surface area contributed by atoms with E-state index in [1.54, 1.807) is 30.5 Å². The lowest BCUT2D eigenvalue weighted by atomic mass is 10.0. The third kappa shape index (κ3) is 4.77. The van der Waals surface area contributed by atoms with Crippen LogP contribution in [0.4, 0.5) is 5.69 Å². The molecule has 2 aliphatic rings. The fourth-order valence-corrected chi connectivity index (χ4v) is 5.11. The van der Waals surface area contributed by atoms with E-state index >= 15 is 0 Å². The summed E-state index contributed by atoms with van der Waals surface area (Å²) < 4.78 is 0. The third-order valence-electron chi connectivity index (χ3n) is 6.47. The summed E-state index contributed by atoms with van der Waals surface area (Å²) in [5.74, 6) is -0.0386. The first kappa shape index (κ1) is 24.2. The fraction of sp³-hybridized carbons (Fsp3) is 0.172. The van der Waals surface area contributed by atoms with Crippen LogP contribution < -0.4 is 5.73 Å². The number of carbonyl (C=O) groups excluding carboxylic acids is 2. The smallest absolute Gasteiger partial charge is 0.211 e. The van der Waals surface area contributed by atoms with Crippen LogP contribution in [-0.2, 0) is 25.7 Å². The van der Waals surface area contributed by atoms with E-state index in [1.165, 1.54) is 6.20 Å². The summed E-state index contributed by atoms with van der Waals surface area (Å²) in [5, 5.41) is 1.33. The summed E-state index contributed by atoms with van der Waals surface area (Å²) in [5.41, 5.74) is 13.8. The Morgan fingerprint density at radius 1 is 0.667 bits per heavy atom. The van der Waals surface area contributed by atoms with Crippen molar-refractivity contribution in [3.63, 3.8) is 0 Å². The van der Waals surface area contributed by atoms with Crippen LogP contribution in [-0.4, -0.2) is 21.5 Å². The van der Waals surface area contributed by atoms with Gasteiger partial charge < -0.3 is 5.73 Å². The zero-order valence-corrected chi connectivity index (χ0v) is 21.2. The van der Waals surface area contributed by atoms with Gasteiger partial charge in [-0.1, -0.05) is 29.3 Å². The number of rotatable bonds is 0. The second-order valence-electron chi connectivity index (χ2n) is 9.06. The maximum Gasteiger partial charge on any atom is 0.211 e. The van der Waals surface area contributed by atoms with Crippen molar-refractivity contribution >= 4 is 40.5 Å². The first-order chi connectivity index (χ1) is 17.3. The highest BCUT2D eigenvalue weighted by molar-refractivity contribution is 6.31. The van der Waals surface area contributed by atoms with Gasteiger partial charge in [-0.25, -0.2) is 0 Å². The van der Waals surface area contributed by atoms with Gasteiger partial charge in [0.15, 0.2) is 0 Å². The summed E-state index contributed by atoms with van der Waals surface area (Å²) in [6.07, 6.45) is 6.48. The highest BCUT2D eigenvalue weighted by Gasteiger charge is 2.23. The van der Waals surface area contributed by atoms with E-state index < -0.39 is 0 Å². The van der Waals surface area contributed by atoms with Crippen LogP contribution in [0.1, 0.15) is 59.9 Å². The molecule has 7 heteroatoms. The monoisotopic (exact) mass is 515 g/mol. The molecule has 36 heavy (non-hydrogen) atoms. The molecule has 2 heterocycles. The van der Waals surface area contributed by atoms with Crippen molar-refractivity contribution in [3.05, 3.63) is 121 Å². The molecule has 0 saturated carbocycles. The third-order valence-corrected chi connectivity index (χ3v) is 6.94. The zero-order valence-electron chi connectivity index (χ0n) is 19.6. The molecule has 2 aliphatic carbocycles. The summed E-state index contributed by atoms with van der Waals surface area (Å²) >= 11 is 12.0. The number of hydrogen-bond donors (Lipinski definition) is 1. The van der Waals surface area contributed by atoms with Gasteiger partial charge in [0.1, 0.15) is 11.4 Å². The van der Waals surface area contributed by atoms with Gasteiger partial charge in [-0.05, 0) is 103 Å². The van der Waals surface area contributed by atoms with Crippen molar-refractivity contribution < 1.29 is 9.59 Å². The number of anilines is 1. The number of carbonyl (C=O) groups is 2. The Morgan fingerprint density at radius 3 is 1.69 bits per heavy atom. The molecule has 180 valence electrons. The van der Waals surface area contributed by atoms with Gasteiger partial charge in [-0.15, -0.1) is 0 Å². The summed E-state index contributed by atoms with van der Waals surface area (Å²) in [6.45, 7) is 1.99. The van der Waals surface area contributed by atoms with Crippen molar-refractivity contribution in [1.29, 1.82) is 0 Å². The first-order valence-electron chi connectivity index (χ1n) is 11.7. The van der Waals surface area contributed by atoms with Crippen LogP contribution in [0.15, 0.2) is 60.9 Å². The van der Waals surface area contributed by atoms with Crippen molar-refractivity contribution in [2.45, 2.75) is 32.6 Å². The second kappa shape index (κ2) is 9.84. The van der Waals surface area contributed by atoms with E-state index in [1.807, 2.05) is 31.2 Å². The van der Waals surface area contributed by atoms with Crippen LogP contribution in [0.3, 0.4) is 0 Å². The predicted molar refractivity (Wildman–Crippen MR) is 142 cm³/mol. The Morgan fingerprint density at radius 2 is 1.14 bits per heavy atom. The van der Waals surface area contributed by atoms with E-state index in [0.717, 1.165) is 59.1 Å². The van der Waals surface area contributed by atoms with Crippen LogP contribution in [0, 0.1) is 6.92 Å². The Labute approximate surface area is 219 Å². The van der Waals surface area contributed by atoms with E-state index in [0.29, 0.717) is 32.7 Å². The highest BCUT2D eigenvalue weighted by atomic mass is 35.5. The van der Waals surface area contributed by atoms with Gasteiger partial charge >= 0.3 is 0 Å². The van der Waals surface area contributed by atoms with Crippen LogP contribution >= 0.6 is 23.2 Å². The minimum Gasteiger partial charge on any atom is -0.397 e. The summed E-state index contributed by atoms with van der Waals surface area (Å²) in [6, 6.07) is 14.7. The topological polar surface area (TPSA) is 85.9 Å². The number of fused-ring (bicyclic) bond motifs is 4. The molecule has 2 N–H and O–H groups in total. The molecular weight excluding hydrogens is 493 g/mol. The van der Waals surface area contributed by atoms with E-state index in [9.17, 15) is 9.59 Å². The van der Waals surface area contributed by atoms with Crippen LogP contribution in [0.25, 0.3) is 0 Å². The van der Waals surface area contributed by atoms with Gasteiger partial charge in [0.25, 0.3) is 0 Å². The zero-order chi connectivity index (χ0) is 25.4. The van der Waals surface area contributed by atoms with Crippen molar-refractivity contribution in [3.8, 4) is 0 Å². The number of halogens is 2. The van der Waals surface area contributed by atoms with Gasteiger partial charge in [-0.3, -0.25) is 19.6 Å². The van der Waals surface area contributed by atoms with E-state index in [4.69, 9.17) is 28.9 Å². The standard InChI is InChI=1S/C15H12ClNO.C14H11ClN2O/c1-9-6-11-3-2-10-7-12(16)4-5-13(10)15(18)14(11)17-8-9;15-10-3-4-12-8(5-10)1-2-9-6-11(16)7-17-13(9)14(12)18/h4-8H,2-3H2,1H3;3-7H,1-2,16H2. The number of aryl methyl sites for hydroxylation is 5.